The highest BCUT2D eigenvalue weighted by Gasteiger charge is 2.15. The lowest BCUT2D eigenvalue weighted by molar-refractivity contribution is 0.104. The van der Waals surface area contributed by atoms with Crippen molar-refractivity contribution in [3.63, 3.8) is 0 Å². The number of hydrogen-bond acceptors (Lipinski definition) is 3. The van der Waals surface area contributed by atoms with E-state index in [0.29, 0.717) is 21.8 Å². The molecule has 3 aromatic rings. The van der Waals surface area contributed by atoms with Crippen LogP contribution in [0.3, 0.4) is 0 Å². The number of ketones is 1. The first-order chi connectivity index (χ1) is 13.8. The summed E-state index contributed by atoms with van der Waals surface area (Å²) in [5.74, 6) is 0.356. The minimum atomic E-state index is -0.172. The van der Waals surface area contributed by atoms with E-state index < -0.39 is 0 Å². The predicted octanol–water partition coefficient (Wildman–Crippen LogP) is 8.38. The summed E-state index contributed by atoms with van der Waals surface area (Å²) in [4.78, 5) is 13.7. The van der Waals surface area contributed by atoms with Crippen molar-refractivity contribution in [1.29, 1.82) is 0 Å². The molecule has 3 aromatic carbocycles. The van der Waals surface area contributed by atoms with Crippen LogP contribution in [0.2, 0.25) is 10.0 Å². The molecule has 0 aromatic heterocycles. The molecule has 0 aliphatic heterocycles. The molecule has 0 unspecified atom stereocenters. The molecular weight excluding hydrogens is 559 g/mol. The van der Waals surface area contributed by atoms with Gasteiger partial charge in [-0.05, 0) is 65.7 Å². The molecule has 0 heterocycles. The Labute approximate surface area is 200 Å². The first-order valence-electron chi connectivity index (χ1n) is 8.40. The number of allylic oxidation sites excluding steroid dienone is 1. The zero-order chi connectivity index (χ0) is 21.0. The van der Waals surface area contributed by atoms with E-state index in [1.165, 1.54) is 11.8 Å². The number of Topliss-reactive ketones (excluding diaryl/α,β-unsaturated/α-hetero) is 1. The molecule has 0 aliphatic rings. The highest BCUT2D eigenvalue weighted by Crippen LogP contribution is 2.35. The Hall–Kier alpha value is -1.24. The molecule has 0 radical (unpaired) electrons. The number of carbonyl (C=O) groups excluding carboxylic acids is 1. The SMILES string of the molecule is O=C(C(=Cc1cc(Cl)c(O)c(Cl)c1)SCc1ccc(Br)cc1)c1ccc(Br)cc1. The molecule has 7 heteroatoms. The number of benzene rings is 3. The van der Waals surface area contributed by atoms with Crippen molar-refractivity contribution in [3.05, 3.63) is 101 Å². The Balaban J connectivity index is 1.94. The molecular formula is C22H14Br2Cl2O2S. The van der Waals surface area contributed by atoms with Gasteiger partial charge in [0.15, 0.2) is 11.5 Å². The van der Waals surface area contributed by atoms with E-state index in [2.05, 4.69) is 31.9 Å². The van der Waals surface area contributed by atoms with Crippen LogP contribution in [0.25, 0.3) is 6.08 Å². The second-order valence-electron chi connectivity index (χ2n) is 6.09. The summed E-state index contributed by atoms with van der Waals surface area (Å²) in [6.07, 6.45) is 1.74. The van der Waals surface area contributed by atoms with Crippen LogP contribution >= 0.6 is 66.8 Å². The quantitative estimate of drug-likeness (QED) is 0.238. The molecule has 0 atom stereocenters. The number of phenolic OH excluding ortho intramolecular Hbond substituents is 1. The summed E-state index contributed by atoms with van der Waals surface area (Å²) in [6, 6.07) is 18.3. The van der Waals surface area contributed by atoms with Gasteiger partial charge in [-0.2, -0.15) is 0 Å². The van der Waals surface area contributed by atoms with Crippen LogP contribution in [-0.4, -0.2) is 10.9 Å². The van der Waals surface area contributed by atoms with Gasteiger partial charge in [-0.3, -0.25) is 4.79 Å². The molecule has 0 saturated heterocycles. The summed E-state index contributed by atoms with van der Waals surface area (Å²) < 4.78 is 1.90. The lowest BCUT2D eigenvalue weighted by atomic mass is 10.1. The third kappa shape index (κ3) is 6.12. The largest absolute Gasteiger partial charge is 0.505 e. The lowest BCUT2D eigenvalue weighted by Gasteiger charge is -2.09. The van der Waals surface area contributed by atoms with Crippen molar-refractivity contribution in [1.82, 2.24) is 0 Å². The Morgan fingerprint density at radius 3 is 2.00 bits per heavy atom. The number of aromatic hydroxyl groups is 1. The number of phenols is 1. The van der Waals surface area contributed by atoms with E-state index in [9.17, 15) is 9.90 Å². The molecule has 3 rings (SSSR count). The molecule has 0 spiro atoms. The Morgan fingerprint density at radius 2 is 1.45 bits per heavy atom. The zero-order valence-electron chi connectivity index (χ0n) is 14.8. The summed E-state index contributed by atoms with van der Waals surface area (Å²) in [6.45, 7) is 0. The van der Waals surface area contributed by atoms with Crippen molar-refractivity contribution in [3.8, 4) is 5.75 Å². The van der Waals surface area contributed by atoms with Crippen LogP contribution in [0.4, 0.5) is 0 Å². The Kier molecular flexibility index (Phi) is 7.88. The minimum Gasteiger partial charge on any atom is -0.505 e. The van der Waals surface area contributed by atoms with Crippen LogP contribution in [0.5, 0.6) is 5.75 Å². The van der Waals surface area contributed by atoms with Crippen molar-refractivity contribution < 1.29 is 9.90 Å². The van der Waals surface area contributed by atoms with Crippen LogP contribution in [0, 0.1) is 0 Å². The van der Waals surface area contributed by atoms with Crippen LogP contribution < -0.4 is 0 Å². The van der Waals surface area contributed by atoms with Crippen LogP contribution in [0.15, 0.2) is 74.5 Å². The van der Waals surface area contributed by atoms with Gasteiger partial charge in [0.25, 0.3) is 0 Å². The third-order valence-electron chi connectivity index (χ3n) is 3.97. The average molecular weight is 573 g/mol. The Morgan fingerprint density at radius 1 is 0.931 bits per heavy atom. The fourth-order valence-corrected chi connectivity index (χ4v) is 4.49. The van der Waals surface area contributed by atoms with E-state index in [0.717, 1.165) is 14.5 Å². The standard InChI is InChI=1S/C22H14Br2Cl2O2S/c23-16-5-1-13(2-6-16)12-29-20(21(27)15-3-7-17(24)8-4-15)11-14-9-18(25)22(28)19(26)10-14/h1-11,28H,12H2. The highest BCUT2D eigenvalue weighted by atomic mass is 79.9. The number of halogens is 4. The molecule has 2 nitrogen and oxygen atoms in total. The first-order valence-corrected chi connectivity index (χ1v) is 11.7. The summed E-state index contributed by atoms with van der Waals surface area (Å²) in [5, 5.41) is 10.1. The van der Waals surface area contributed by atoms with Gasteiger partial charge in [-0.25, -0.2) is 0 Å². The zero-order valence-corrected chi connectivity index (χ0v) is 20.3. The number of carbonyl (C=O) groups is 1. The molecule has 0 fully saturated rings. The molecule has 0 amide bonds. The summed E-state index contributed by atoms with van der Waals surface area (Å²) >= 11 is 20.3. The lowest BCUT2D eigenvalue weighted by Crippen LogP contribution is -2.01. The molecule has 148 valence electrons. The maximum absolute atomic E-state index is 13.1. The van der Waals surface area contributed by atoms with Gasteiger partial charge in [0, 0.05) is 20.3 Å². The van der Waals surface area contributed by atoms with E-state index in [1.54, 1.807) is 30.3 Å². The fraction of sp³-hybridized carbons (Fsp3) is 0.0455. The summed E-state index contributed by atoms with van der Waals surface area (Å²) in [7, 11) is 0. The normalized spacial score (nSPS) is 11.5. The monoisotopic (exact) mass is 570 g/mol. The maximum Gasteiger partial charge on any atom is 0.199 e. The Bertz CT molecular complexity index is 1040. The molecule has 0 saturated carbocycles. The van der Waals surface area contributed by atoms with Gasteiger partial charge in [0.05, 0.1) is 15.0 Å². The van der Waals surface area contributed by atoms with E-state index in [4.69, 9.17) is 23.2 Å². The topological polar surface area (TPSA) is 37.3 Å². The van der Waals surface area contributed by atoms with Gasteiger partial charge in [0.2, 0.25) is 0 Å². The van der Waals surface area contributed by atoms with E-state index in [1.807, 2.05) is 36.4 Å². The van der Waals surface area contributed by atoms with Gasteiger partial charge in [-0.15, -0.1) is 11.8 Å². The van der Waals surface area contributed by atoms with E-state index >= 15 is 0 Å². The highest BCUT2D eigenvalue weighted by molar-refractivity contribution is 9.10. The molecule has 0 aliphatic carbocycles. The van der Waals surface area contributed by atoms with E-state index in [-0.39, 0.29) is 21.6 Å². The first kappa shape index (κ1) is 22.4. The van der Waals surface area contributed by atoms with Crippen molar-refractivity contribution in [2.24, 2.45) is 0 Å². The maximum atomic E-state index is 13.1. The van der Waals surface area contributed by atoms with Crippen LogP contribution in [0.1, 0.15) is 21.5 Å². The van der Waals surface area contributed by atoms with Gasteiger partial charge >= 0.3 is 0 Å². The molecule has 1 N–H and O–H groups in total. The second-order valence-corrected chi connectivity index (χ2v) is 9.76. The van der Waals surface area contributed by atoms with Crippen molar-refractivity contribution in [2.45, 2.75) is 5.75 Å². The molecule has 29 heavy (non-hydrogen) atoms. The molecule has 0 bridgehead atoms. The van der Waals surface area contributed by atoms with Crippen LogP contribution in [-0.2, 0) is 5.75 Å². The number of rotatable bonds is 6. The van der Waals surface area contributed by atoms with Gasteiger partial charge in [0.1, 0.15) is 0 Å². The predicted molar refractivity (Wildman–Crippen MR) is 130 cm³/mol. The average Bonchev–Trinajstić information content (AvgIpc) is 2.70. The summed E-state index contributed by atoms with van der Waals surface area (Å²) in [5.41, 5.74) is 2.31. The smallest absolute Gasteiger partial charge is 0.199 e. The number of thioether (sulfide) groups is 1. The third-order valence-corrected chi connectivity index (χ3v) is 6.70. The van der Waals surface area contributed by atoms with Crippen molar-refractivity contribution in [2.75, 3.05) is 0 Å². The van der Waals surface area contributed by atoms with Gasteiger partial charge < -0.3 is 5.11 Å². The van der Waals surface area contributed by atoms with Gasteiger partial charge in [-0.1, -0.05) is 67.2 Å². The van der Waals surface area contributed by atoms with Crippen molar-refractivity contribution >= 4 is 78.7 Å². The fourth-order valence-electron chi connectivity index (χ4n) is 2.48. The number of hydrogen-bond donors (Lipinski definition) is 1. The second kappa shape index (κ2) is 10.2. The minimum absolute atomic E-state index is 0.0973.